The Labute approximate surface area is 137 Å². The van der Waals surface area contributed by atoms with Gasteiger partial charge in [0, 0.05) is 11.6 Å². The summed E-state index contributed by atoms with van der Waals surface area (Å²) < 4.78 is 37.6. The first kappa shape index (κ1) is 15.5. The van der Waals surface area contributed by atoms with E-state index < -0.39 is 11.7 Å². The molecule has 2 unspecified atom stereocenters. The number of aromatic nitrogens is 1. The van der Waals surface area contributed by atoms with Gasteiger partial charge in [-0.1, -0.05) is 11.8 Å². The van der Waals surface area contributed by atoms with Gasteiger partial charge in [0.25, 0.3) is 0 Å². The predicted octanol–water partition coefficient (Wildman–Crippen LogP) is 4.59. The van der Waals surface area contributed by atoms with Crippen molar-refractivity contribution in [1.82, 2.24) is 4.98 Å². The molecule has 4 fully saturated rings. The van der Waals surface area contributed by atoms with E-state index in [0.29, 0.717) is 22.5 Å². The van der Waals surface area contributed by atoms with E-state index >= 15 is 0 Å². The Hall–Kier alpha value is -1.04. The Morgan fingerprint density at radius 2 is 1.91 bits per heavy atom. The minimum Gasteiger partial charge on any atom is -0.298 e. The van der Waals surface area contributed by atoms with Gasteiger partial charge in [-0.15, -0.1) is 0 Å². The molecule has 2 nitrogen and oxygen atoms in total. The molecule has 2 atom stereocenters. The van der Waals surface area contributed by atoms with Gasteiger partial charge in [-0.25, -0.2) is 4.98 Å². The summed E-state index contributed by atoms with van der Waals surface area (Å²) in [6.07, 6.45) is 2.24. The van der Waals surface area contributed by atoms with Gasteiger partial charge in [0.1, 0.15) is 5.78 Å². The highest BCUT2D eigenvalue weighted by Gasteiger charge is 2.60. The lowest BCUT2D eigenvalue weighted by Gasteiger charge is -2.31. The Kier molecular flexibility index (Phi) is 3.52. The van der Waals surface area contributed by atoms with E-state index in [-0.39, 0.29) is 5.41 Å². The molecule has 1 heterocycles. The van der Waals surface area contributed by atoms with Crippen LogP contribution in [0.3, 0.4) is 0 Å². The lowest BCUT2D eigenvalue weighted by atomic mass is 9.73. The molecule has 5 rings (SSSR count). The standard InChI is InChI=1S/C17H18F3NOS/c18-17(19,20)12-1-2-15(21-8-12)23-9-14(22)16-6-10-3-11(7-16)5-13(16)4-10/h1-2,8,10-11,13H,3-7,9H2. The van der Waals surface area contributed by atoms with Crippen molar-refractivity contribution < 1.29 is 18.0 Å². The number of ketones is 1. The minimum absolute atomic E-state index is 0.119. The number of hydrogen-bond acceptors (Lipinski definition) is 3. The molecule has 0 amide bonds. The van der Waals surface area contributed by atoms with Crippen LogP contribution in [0.2, 0.25) is 0 Å². The van der Waals surface area contributed by atoms with E-state index in [1.54, 1.807) is 0 Å². The fraction of sp³-hybridized carbons (Fsp3) is 0.647. The molecule has 0 aromatic carbocycles. The molecular formula is C17H18F3NOS. The van der Waals surface area contributed by atoms with Crippen LogP contribution in [0.4, 0.5) is 13.2 Å². The van der Waals surface area contributed by atoms with Crippen molar-refractivity contribution in [2.45, 2.75) is 43.3 Å². The summed E-state index contributed by atoms with van der Waals surface area (Å²) in [6.45, 7) is 0. The molecule has 0 aliphatic heterocycles. The number of carbonyl (C=O) groups is 1. The monoisotopic (exact) mass is 341 g/mol. The molecule has 4 saturated carbocycles. The van der Waals surface area contributed by atoms with E-state index in [4.69, 9.17) is 0 Å². The number of thioether (sulfide) groups is 1. The summed E-state index contributed by atoms with van der Waals surface area (Å²) in [6, 6.07) is 2.39. The second-order valence-corrected chi connectivity index (χ2v) is 8.29. The van der Waals surface area contributed by atoms with Crippen LogP contribution in [0.15, 0.2) is 23.4 Å². The maximum atomic E-state index is 12.8. The van der Waals surface area contributed by atoms with Crippen LogP contribution in [0.25, 0.3) is 0 Å². The van der Waals surface area contributed by atoms with Gasteiger partial charge >= 0.3 is 6.18 Å². The average Bonchev–Trinajstić information content (AvgIpc) is 2.90. The lowest BCUT2D eigenvalue weighted by Crippen LogP contribution is -2.34. The highest BCUT2D eigenvalue weighted by atomic mass is 32.2. The van der Waals surface area contributed by atoms with Crippen LogP contribution in [0.1, 0.15) is 37.7 Å². The van der Waals surface area contributed by atoms with Gasteiger partial charge in [-0.3, -0.25) is 4.79 Å². The summed E-state index contributed by atoms with van der Waals surface area (Å²) in [5, 5.41) is 0.487. The third kappa shape index (κ3) is 2.59. The van der Waals surface area contributed by atoms with Crippen molar-refractivity contribution in [2.75, 3.05) is 5.75 Å². The molecule has 124 valence electrons. The quantitative estimate of drug-likeness (QED) is 0.751. The van der Waals surface area contributed by atoms with Crippen LogP contribution >= 0.6 is 11.8 Å². The van der Waals surface area contributed by atoms with Crippen LogP contribution in [-0.2, 0) is 11.0 Å². The second-order valence-electron chi connectivity index (χ2n) is 7.30. The van der Waals surface area contributed by atoms with Gasteiger partial charge in [-0.05, 0) is 62.0 Å². The van der Waals surface area contributed by atoms with Gasteiger partial charge in [-0.2, -0.15) is 13.2 Å². The molecule has 0 radical (unpaired) electrons. The Bertz CT molecular complexity index is 614. The van der Waals surface area contributed by atoms with Crippen molar-refractivity contribution in [3.05, 3.63) is 23.9 Å². The summed E-state index contributed by atoms with van der Waals surface area (Å²) in [4.78, 5) is 16.6. The van der Waals surface area contributed by atoms with Crippen LogP contribution in [-0.4, -0.2) is 16.5 Å². The molecule has 1 aromatic heterocycles. The number of Topliss-reactive ketones (excluding diaryl/α,β-unsaturated/α-hetero) is 1. The summed E-state index contributed by atoms with van der Waals surface area (Å²) >= 11 is 1.27. The molecule has 23 heavy (non-hydrogen) atoms. The fourth-order valence-electron chi connectivity index (χ4n) is 5.17. The predicted molar refractivity (Wildman–Crippen MR) is 81.0 cm³/mol. The Balaban J connectivity index is 1.41. The third-order valence-electron chi connectivity index (χ3n) is 5.96. The largest absolute Gasteiger partial charge is 0.417 e. The van der Waals surface area contributed by atoms with Crippen LogP contribution in [0.5, 0.6) is 0 Å². The van der Waals surface area contributed by atoms with E-state index in [0.717, 1.165) is 36.9 Å². The molecule has 4 aliphatic carbocycles. The van der Waals surface area contributed by atoms with Crippen molar-refractivity contribution in [1.29, 1.82) is 0 Å². The molecule has 0 spiro atoms. The molecule has 0 saturated heterocycles. The third-order valence-corrected chi connectivity index (χ3v) is 6.90. The van der Waals surface area contributed by atoms with Crippen LogP contribution < -0.4 is 0 Å². The van der Waals surface area contributed by atoms with Gasteiger partial charge in [0.15, 0.2) is 0 Å². The second kappa shape index (κ2) is 5.23. The topological polar surface area (TPSA) is 30.0 Å². The van der Waals surface area contributed by atoms with Gasteiger partial charge in [0.05, 0.1) is 16.3 Å². The fourth-order valence-corrected chi connectivity index (χ4v) is 6.03. The summed E-state index contributed by atoms with van der Waals surface area (Å²) in [7, 11) is 0. The van der Waals surface area contributed by atoms with E-state index in [9.17, 15) is 18.0 Å². The zero-order chi connectivity index (χ0) is 16.2. The van der Waals surface area contributed by atoms with Gasteiger partial charge < -0.3 is 0 Å². The maximum Gasteiger partial charge on any atom is 0.417 e. The molecule has 6 heteroatoms. The average molecular weight is 341 g/mol. The molecule has 1 aromatic rings. The van der Waals surface area contributed by atoms with Crippen LogP contribution in [0, 0.1) is 23.2 Å². The molecular weight excluding hydrogens is 323 g/mol. The number of halogens is 3. The van der Waals surface area contributed by atoms with Gasteiger partial charge in [0.2, 0.25) is 0 Å². The van der Waals surface area contributed by atoms with Crippen molar-refractivity contribution in [3.8, 4) is 0 Å². The van der Waals surface area contributed by atoms with E-state index in [1.165, 1.54) is 37.1 Å². The zero-order valence-electron chi connectivity index (χ0n) is 12.6. The first-order valence-corrected chi connectivity index (χ1v) is 9.05. The Morgan fingerprint density at radius 1 is 1.22 bits per heavy atom. The number of alkyl halides is 3. The molecule has 4 aliphatic rings. The number of hydrogen-bond donors (Lipinski definition) is 0. The highest BCUT2D eigenvalue weighted by Crippen LogP contribution is 2.65. The number of rotatable bonds is 4. The van der Waals surface area contributed by atoms with Crippen molar-refractivity contribution >= 4 is 17.5 Å². The highest BCUT2D eigenvalue weighted by molar-refractivity contribution is 7.99. The maximum absolute atomic E-state index is 12.8. The normalized spacial score (nSPS) is 35.0. The first-order chi connectivity index (χ1) is 10.9. The number of carbonyl (C=O) groups excluding carboxylic acids is 1. The molecule has 0 N–H and O–H groups in total. The van der Waals surface area contributed by atoms with Crippen molar-refractivity contribution in [3.63, 3.8) is 0 Å². The lowest BCUT2D eigenvalue weighted by molar-refractivity contribution is -0.137. The van der Waals surface area contributed by atoms with E-state index in [1.807, 2.05) is 0 Å². The zero-order valence-corrected chi connectivity index (χ0v) is 13.4. The number of pyridine rings is 1. The Morgan fingerprint density at radius 3 is 2.48 bits per heavy atom. The number of nitrogens with zero attached hydrogens (tertiary/aromatic N) is 1. The van der Waals surface area contributed by atoms with E-state index in [2.05, 4.69) is 4.98 Å². The first-order valence-electron chi connectivity index (χ1n) is 8.06. The molecule has 4 bridgehead atoms. The summed E-state index contributed by atoms with van der Waals surface area (Å²) in [5.74, 6) is 2.63. The minimum atomic E-state index is -4.37. The SMILES string of the molecule is O=C(CSc1ccc(C(F)(F)F)cn1)C12CC3CC(CC1C3)C2. The smallest absolute Gasteiger partial charge is 0.298 e. The van der Waals surface area contributed by atoms with Crippen molar-refractivity contribution in [2.24, 2.45) is 23.2 Å². The summed E-state index contributed by atoms with van der Waals surface area (Å²) in [5.41, 5.74) is -0.870.